The maximum atomic E-state index is 14.4. The average molecular weight is 590 g/mol. The molecule has 8 nitrogen and oxygen atoms in total. The van der Waals surface area contributed by atoms with Gasteiger partial charge >= 0.3 is 5.97 Å². The van der Waals surface area contributed by atoms with Gasteiger partial charge in [0.25, 0.3) is 5.91 Å². The Kier molecular flexibility index (Phi) is 9.23. The number of hydrogen-bond donors (Lipinski definition) is 0. The number of carbonyl (C=O) groups is 3. The van der Waals surface area contributed by atoms with Crippen LogP contribution in [0.1, 0.15) is 83.4 Å². The van der Waals surface area contributed by atoms with Crippen molar-refractivity contribution >= 4 is 26.0 Å². The highest BCUT2D eigenvalue weighted by molar-refractivity contribution is 6.74. The molecule has 0 radical (unpaired) electrons. The van der Waals surface area contributed by atoms with Gasteiger partial charge in [-0.3, -0.25) is 9.59 Å². The quantitative estimate of drug-likeness (QED) is 0.160. The normalized spacial score (nSPS) is 15.3. The molecule has 224 valence electrons. The predicted octanol–water partition coefficient (Wildman–Crippen LogP) is 6.54. The topological polar surface area (TPSA) is 90.7 Å². The van der Waals surface area contributed by atoms with Gasteiger partial charge in [0.15, 0.2) is 14.1 Å². The van der Waals surface area contributed by atoms with Crippen molar-refractivity contribution in [3.8, 4) is 11.4 Å². The lowest BCUT2D eigenvalue weighted by molar-refractivity contribution is 0.0600. The molecule has 9 heteroatoms. The number of amides is 1. The molecule has 0 saturated heterocycles. The van der Waals surface area contributed by atoms with Crippen molar-refractivity contribution in [1.82, 2.24) is 14.5 Å². The molecule has 42 heavy (non-hydrogen) atoms. The van der Waals surface area contributed by atoms with Crippen molar-refractivity contribution in [3.63, 3.8) is 0 Å². The van der Waals surface area contributed by atoms with E-state index in [4.69, 9.17) is 9.16 Å². The molecule has 1 amide bonds. The summed E-state index contributed by atoms with van der Waals surface area (Å²) in [5, 5.41) is 0.0570. The highest BCUT2D eigenvalue weighted by atomic mass is 28.4. The summed E-state index contributed by atoms with van der Waals surface area (Å²) < 4.78 is 13.3. The summed E-state index contributed by atoms with van der Waals surface area (Å²) in [7, 11) is -0.680. The molecule has 2 aromatic carbocycles. The lowest BCUT2D eigenvalue weighted by Crippen LogP contribution is -2.44. The Hall–Kier alpha value is -3.56. The zero-order valence-corrected chi connectivity index (χ0v) is 27.1. The van der Waals surface area contributed by atoms with E-state index in [1.165, 1.54) is 19.6 Å². The highest BCUT2D eigenvalue weighted by Gasteiger charge is 2.37. The molecule has 0 bridgehead atoms. The van der Waals surface area contributed by atoms with Gasteiger partial charge < -0.3 is 18.6 Å². The van der Waals surface area contributed by atoms with Crippen LogP contribution in [0.25, 0.3) is 11.4 Å². The van der Waals surface area contributed by atoms with Gasteiger partial charge in [-0.1, -0.05) is 52.0 Å². The molecule has 0 N–H and O–H groups in total. The average Bonchev–Trinajstić information content (AvgIpc) is 3.38. The Labute approximate surface area is 250 Å². The van der Waals surface area contributed by atoms with Crippen LogP contribution in [-0.2, 0) is 28.7 Å². The molecule has 0 saturated carbocycles. The zero-order valence-electron chi connectivity index (χ0n) is 26.1. The van der Waals surface area contributed by atoms with Crippen LogP contribution in [0, 0.1) is 0 Å². The number of benzene rings is 2. The van der Waals surface area contributed by atoms with Gasteiger partial charge in [0.1, 0.15) is 11.5 Å². The van der Waals surface area contributed by atoms with E-state index in [1.807, 2.05) is 21.6 Å². The Morgan fingerprint density at radius 3 is 2.38 bits per heavy atom. The molecule has 1 aliphatic rings. The molecule has 0 unspecified atom stereocenters. The van der Waals surface area contributed by atoms with Crippen LogP contribution in [-0.4, -0.2) is 60.2 Å². The second-order valence-corrected chi connectivity index (χ2v) is 17.3. The van der Waals surface area contributed by atoms with E-state index < -0.39 is 14.3 Å². The number of nitrogens with zero attached hydrogens (tertiary/aromatic N) is 3. The second-order valence-electron chi connectivity index (χ2n) is 12.5. The molecule has 4 rings (SSSR count). The third-order valence-corrected chi connectivity index (χ3v) is 13.3. The van der Waals surface area contributed by atoms with E-state index in [0.717, 1.165) is 18.4 Å². The first-order chi connectivity index (χ1) is 19.8. The number of esters is 1. The van der Waals surface area contributed by atoms with Gasteiger partial charge in [0.2, 0.25) is 0 Å². The molecule has 1 atom stereocenters. The maximum absolute atomic E-state index is 14.4. The Balaban J connectivity index is 1.78. The number of rotatable bonds is 9. The van der Waals surface area contributed by atoms with Crippen LogP contribution in [0.3, 0.4) is 0 Å². The SMILES string of the molecule is CC[C@@H]1Cc2ccccc2CN1C(=O)c1cc(C(=O)OC)ccc1-c1nc(C(C)=O)cn1CCO[Si](C)(C)C(C)(C)C. The van der Waals surface area contributed by atoms with Gasteiger partial charge in [-0.25, -0.2) is 9.78 Å². The molecule has 3 aromatic rings. The number of hydrogen-bond acceptors (Lipinski definition) is 6. The summed E-state index contributed by atoms with van der Waals surface area (Å²) >= 11 is 0. The lowest BCUT2D eigenvalue weighted by atomic mass is 9.91. The van der Waals surface area contributed by atoms with E-state index in [2.05, 4.69) is 57.9 Å². The van der Waals surface area contributed by atoms with Crippen LogP contribution >= 0.6 is 0 Å². The number of methoxy groups -OCH3 is 1. The molecular weight excluding hydrogens is 546 g/mol. The maximum Gasteiger partial charge on any atom is 0.337 e. The largest absolute Gasteiger partial charge is 0.465 e. The Morgan fingerprint density at radius 1 is 1.07 bits per heavy atom. The van der Waals surface area contributed by atoms with Gasteiger partial charge in [0.05, 0.1) is 24.8 Å². The van der Waals surface area contributed by atoms with E-state index in [-0.39, 0.29) is 28.3 Å². The third-order valence-electron chi connectivity index (χ3n) is 8.74. The van der Waals surface area contributed by atoms with Crippen LogP contribution in [0.15, 0.2) is 48.7 Å². The lowest BCUT2D eigenvalue weighted by Gasteiger charge is -2.37. The molecule has 1 aliphatic heterocycles. The van der Waals surface area contributed by atoms with Crippen LogP contribution in [0.2, 0.25) is 18.1 Å². The van der Waals surface area contributed by atoms with E-state index in [1.54, 1.807) is 24.4 Å². The molecule has 0 spiro atoms. The number of aromatic nitrogens is 2. The van der Waals surface area contributed by atoms with Crippen LogP contribution in [0.5, 0.6) is 0 Å². The van der Waals surface area contributed by atoms with Gasteiger partial charge in [-0.15, -0.1) is 0 Å². The second kappa shape index (κ2) is 12.4. The Bertz CT molecular complexity index is 1490. The molecule has 0 aliphatic carbocycles. The first kappa shape index (κ1) is 31.4. The number of ether oxygens (including phenoxy) is 1. The molecular formula is C33H43N3O5Si. The summed E-state index contributed by atoms with van der Waals surface area (Å²) in [6, 6.07) is 13.2. The van der Waals surface area contributed by atoms with Gasteiger partial charge in [-0.2, -0.15) is 0 Å². The summed E-state index contributed by atoms with van der Waals surface area (Å²) in [6.07, 6.45) is 3.28. The predicted molar refractivity (Wildman–Crippen MR) is 166 cm³/mol. The summed E-state index contributed by atoms with van der Waals surface area (Å²) in [5.41, 5.74) is 3.86. The fourth-order valence-electron chi connectivity index (χ4n) is 5.09. The summed E-state index contributed by atoms with van der Waals surface area (Å²) in [6.45, 7) is 15.9. The third kappa shape index (κ3) is 6.42. The smallest absolute Gasteiger partial charge is 0.337 e. The van der Waals surface area contributed by atoms with Crippen molar-refractivity contribution in [2.24, 2.45) is 0 Å². The number of Topliss-reactive ketones (excluding diaryl/α,β-unsaturated/α-hetero) is 1. The first-order valence-electron chi connectivity index (χ1n) is 14.6. The van der Waals surface area contributed by atoms with Crippen LogP contribution in [0.4, 0.5) is 0 Å². The Morgan fingerprint density at radius 2 is 1.76 bits per heavy atom. The number of ketones is 1. The van der Waals surface area contributed by atoms with E-state index in [9.17, 15) is 14.4 Å². The summed E-state index contributed by atoms with van der Waals surface area (Å²) in [4.78, 5) is 45.9. The highest BCUT2D eigenvalue weighted by Crippen LogP contribution is 2.37. The molecule has 0 fully saturated rings. The fraction of sp³-hybridized carbons (Fsp3) is 0.455. The minimum Gasteiger partial charge on any atom is -0.465 e. The minimum atomic E-state index is -2.00. The number of imidazole rings is 1. The fourth-order valence-corrected chi connectivity index (χ4v) is 6.13. The van der Waals surface area contributed by atoms with E-state index in [0.29, 0.717) is 42.3 Å². The minimum absolute atomic E-state index is 0.00699. The van der Waals surface area contributed by atoms with Crippen molar-refractivity contribution < 1.29 is 23.5 Å². The molecule has 2 heterocycles. The van der Waals surface area contributed by atoms with Crippen molar-refractivity contribution in [2.75, 3.05) is 13.7 Å². The van der Waals surface area contributed by atoms with Gasteiger partial charge in [0, 0.05) is 37.8 Å². The number of carbonyl (C=O) groups excluding carboxylic acids is 3. The summed E-state index contributed by atoms with van der Waals surface area (Å²) in [5.74, 6) is -0.391. The van der Waals surface area contributed by atoms with Crippen LogP contribution < -0.4 is 0 Å². The van der Waals surface area contributed by atoms with E-state index >= 15 is 0 Å². The number of fused-ring (bicyclic) bond motifs is 1. The van der Waals surface area contributed by atoms with Gasteiger partial charge in [-0.05, 0) is 60.3 Å². The standard InChI is InChI=1S/C33H43N3O5Si/c1-9-26-18-23-12-10-11-13-25(23)20-36(26)31(38)28-19-24(32(39)40-6)14-15-27(28)30-34-29(22(2)37)21-35(30)16-17-41-42(7,8)33(3,4)5/h10-15,19,21,26H,9,16-18,20H2,1-8H3/t26-/m1/s1. The van der Waals surface area contributed by atoms with Crippen molar-refractivity contribution in [1.29, 1.82) is 0 Å². The zero-order chi connectivity index (χ0) is 30.8. The molecule has 1 aromatic heterocycles. The monoisotopic (exact) mass is 589 g/mol. The first-order valence-corrected chi connectivity index (χ1v) is 17.5. The van der Waals surface area contributed by atoms with Crippen molar-refractivity contribution in [3.05, 3.63) is 76.6 Å². The van der Waals surface area contributed by atoms with Crippen molar-refractivity contribution in [2.45, 2.75) is 84.7 Å².